The first-order valence-corrected chi connectivity index (χ1v) is 5.75. The van der Waals surface area contributed by atoms with Crippen molar-refractivity contribution in [1.82, 2.24) is 5.32 Å². The van der Waals surface area contributed by atoms with E-state index >= 15 is 0 Å². The Morgan fingerprint density at radius 1 is 1.31 bits per heavy atom. The van der Waals surface area contributed by atoms with Gasteiger partial charge in [0.05, 0.1) is 0 Å². The summed E-state index contributed by atoms with van der Waals surface area (Å²) in [5.74, 6) is 0. The summed E-state index contributed by atoms with van der Waals surface area (Å²) in [5.41, 5.74) is 3.11. The molecule has 0 saturated heterocycles. The third kappa shape index (κ3) is 3.93. The van der Waals surface area contributed by atoms with Gasteiger partial charge in [-0.3, -0.25) is 0 Å². The highest BCUT2D eigenvalue weighted by molar-refractivity contribution is 5.90. The lowest BCUT2D eigenvalue weighted by molar-refractivity contribution is 0.252. The summed E-state index contributed by atoms with van der Waals surface area (Å²) in [6, 6.07) is 5.91. The highest BCUT2D eigenvalue weighted by atomic mass is 16.2. The Kier molecular flexibility index (Phi) is 4.83. The minimum Gasteiger partial charge on any atom is -0.338 e. The zero-order valence-corrected chi connectivity index (χ0v) is 10.3. The lowest BCUT2D eigenvalue weighted by Gasteiger charge is -2.10. The molecule has 0 spiro atoms. The monoisotopic (exact) mass is 220 g/mol. The van der Waals surface area contributed by atoms with Crippen molar-refractivity contribution < 1.29 is 4.79 Å². The Morgan fingerprint density at radius 2 is 2.06 bits per heavy atom. The van der Waals surface area contributed by atoms with Crippen LogP contribution in [0.4, 0.5) is 10.5 Å². The van der Waals surface area contributed by atoms with Gasteiger partial charge in [-0.2, -0.15) is 0 Å². The van der Waals surface area contributed by atoms with Crippen LogP contribution >= 0.6 is 0 Å². The molecule has 0 aliphatic rings. The van der Waals surface area contributed by atoms with Gasteiger partial charge in [-0.25, -0.2) is 4.79 Å². The average Bonchev–Trinajstić information content (AvgIpc) is 2.24. The number of rotatable bonds is 4. The first kappa shape index (κ1) is 12.6. The maximum absolute atomic E-state index is 11.5. The molecule has 2 N–H and O–H groups in total. The van der Waals surface area contributed by atoms with Gasteiger partial charge in [-0.05, 0) is 37.5 Å². The van der Waals surface area contributed by atoms with Gasteiger partial charge >= 0.3 is 6.03 Å². The van der Waals surface area contributed by atoms with Crippen LogP contribution in [-0.2, 0) is 0 Å². The number of carbonyl (C=O) groups is 1. The quantitative estimate of drug-likeness (QED) is 0.751. The summed E-state index contributed by atoms with van der Waals surface area (Å²) in [7, 11) is 0. The van der Waals surface area contributed by atoms with Crippen LogP contribution in [0.1, 0.15) is 30.9 Å². The van der Waals surface area contributed by atoms with Crippen molar-refractivity contribution in [2.24, 2.45) is 0 Å². The van der Waals surface area contributed by atoms with Gasteiger partial charge in [0.1, 0.15) is 0 Å². The third-order valence-electron chi connectivity index (χ3n) is 2.46. The molecule has 0 aliphatic heterocycles. The van der Waals surface area contributed by atoms with E-state index in [9.17, 15) is 4.79 Å². The molecule has 88 valence electrons. The molecular formula is C13H20N2O. The van der Waals surface area contributed by atoms with Crippen LogP contribution in [0.3, 0.4) is 0 Å². The fraction of sp³-hybridized carbons (Fsp3) is 0.462. The molecule has 0 radical (unpaired) electrons. The lowest BCUT2D eigenvalue weighted by Crippen LogP contribution is -2.29. The van der Waals surface area contributed by atoms with Gasteiger partial charge in [0.15, 0.2) is 0 Å². The van der Waals surface area contributed by atoms with Crippen LogP contribution in [0.2, 0.25) is 0 Å². The van der Waals surface area contributed by atoms with Crippen LogP contribution < -0.4 is 10.6 Å². The summed E-state index contributed by atoms with van der Waals surface area (Å²) in [4.78, 5) is 11.5. The largest absolute Gasteiger partial charge is 0.338 e. The van der Waals surface area contributed by atoms with Crippen molar-refractivity contribution in [3.05, 3.63) is 29.3 Å². The Balaban J connectivity index is 2.52. The molecule has 3 heteroatoms. The van der Waals surface area contributed by atoms with Crippen molar-refractivity contribution >= 4 is 11.7 Å². The van der Waals surface area contributed by atoms with E-state index < -0.39 is 0 Å². The Bertz CT molecular complexity index is 361. The summed E-state index contributed by atoms with van der Waals surface area (Å²) < 4.78 is 0. The molecule has 0 unspecified atom stereocenters. The second-order valence-electron chi connectivity index (χ2n) is 4.05. The molecule has 0 fully saturated rings. The Hall–Kier alpha value is -1.51. The van der Waals surface area contributed by atoms with Crippen LogP contribution in [0, 0.1) is 13.8 Å². The fourth-order valence-corrected chi connectivity index (χ4v) is 1.42. The molecule has 0 heterocycles. The molecule has 0 aliphatic carbocycles. The van der Waals surface area contributed by atoms with E-state index in [1.54, 1.807) is 0 Å². The number of unbranched alkanes of at least 4 members (excludes halogenated alkanes) is 1. The first-order chi connectivity index (χ1) is 7.63. The van der Waals surface area contributed by atoms with E-state index in [0.717, 1.165) is 36.2 Å². The summed E-state index contributed by atoms with van der Waals surface area (Å²) in [6.45, 7) is 6.83. The average molecular weight is 220 g/mol. The summed E-state index contributed by atoms with van der Waals surface area (Å²) in [6.07, 6.45) is 2.10. The van der Waals surface area contributed by atoms with Gasteiger partial charge in [-0.1, -0.05) is 25.5 Å². The highest BCUT2D eigenvalue weighted by Crippen LogP contribution is 2.15. The highest BCUT2D eigenvalue weighted by Gasteiger charge is 2.03. The van der Waals surface area contributed by atoms with E-state index in [1.807, 2.05) is 32.0 Å². The molecule has 1 aromatic carbocycles. The topological polar surface area (TPSA) is 41.1 Å². The van der Waals surface area contributed by atoms with Crippen molar-refractivity contribution in [2.45, 2.75) is 33.6 Å². The third-order valence-corrected chi connectivity index (χ3v) is 2.46. The molecule has 2 amide bonds. The number of carbonyl (C=O) groups excluding carboxylic acids is 1. The molecule has 3 nitrogen and oxygen atoms in total. The second kappa shape index (κ2) is 6.16. The predicted octanol–water partition coefficient (Wildman–Crippen LogP) is 3.23. The van der Waals surface area contributed by atoms with Crippen LogP contribution in [0.25, 0.3) is 0 Å². The molecular weight excluding hydrogens is 200 g/mol. The number of aryl methyl sites for hydroxylation is 2. The van der Waals surface area contributed by atoms with E-state index in [4.69, 9.17) is 0 Å². The SMILES string of the molecule is CCCCNC(=O)Nc1cc(C)ccc1C. The maximum atomic E-state index is 11.5. The van der Waals surface area contributed by atoms with Gasteiger partial charge in [-0.15, -0.1) is 0 Å². The second-order valence-corrected chi connectivity index (χ2v) is 4.05. The van der Waals surface area contributed by atoms with Gasteiger partial charge in [0.2, 0.25) is 0 Å². The fourth-order valence-electron chi connectivity index (χ4n) is 1.42. The molecule has 1 rings (SSSR count). The van der Waals surface area contributed by atoms with Crippen LogP contribution in [0.15, 0.2) is 18.2 Å². The molecule has 16 heavy (non-hydrogen) atoms. The normalized spacial score (nSPS) is 9.94. The van der Waals surface area contributed by atoms with Crippen LogP contribution in [-0.4, -0.2) is 12.6 Å². The van der Waals surface area contributed by atoms with E-state index in [0.29, 0.717) is 0 Å². The van der Waals surface area contributed by atoms with Crippen molar-refractivity contribution in [3.63, 3.8) is 0 Å². The summed E-state index contributed by atoms with van der Waals surface area (Å²) >= 11 is 0. The molecule has 0 aromatic heterocycles. The number of amides is 2. The zero-order chi connectivity index (χ0) is 12.0. The number of urea groups is 1. The zero-order valence-electron chi connectivity index (χ0n) is 10.3. The number of hydrogen-bond acceptors (Lipinski definition) is 1. The number of anilines is 1. The van der Waals surface area contributed by atoms with Crippen molar-refractivity contribution in [2.75, 3.05) is 11.9 Å². The molecule has 0 atom stereocenters. The number of nitrogens with one attached hydrogen (secondary N) is 2. The Labute approximate surface area is 97.2 Å². The van der Waals surface area contributed by atoms with E-state index in [-0.39, 0.29) is 6.03 Å². The molecule has 0 saturated carbocycles. The van der Waals surface area contributed by atoms with Gasteiger partial charge in [0, 0.05) is 12.2 Å². The molecule has 1 aromatic rings. The van der Waals surface area contributed by atoms with Gasteiger partial charge in [0.25, 0.3) is 0 Å². The van der Waals surface area contributed by atoms with Crippen molar-refractivity contribution in [1.29, 1.82) is 0 Å². The summed E-state index contributed by atoms with van der Waals surface area (Å²) in [5, 5.41) is 5.69. The minimum atomic E-state index is -0.123. The van der Waals surface area contributed by atoms with Crippen LogP contribution in [0.5, 0.6) is 0 Å². The van der Waals surface area contributed by atoms with E-state index in [1.165, 1.54) is 0 Å². The predicted molar refractivity (Wildman–Crippen MR) is 67.8 cm³/mol. The molecule has 0 bridgehead atoms. The Morgan fingerprint density at radius 3 is 2.75 bits per heavy atom. The lowest BCUT2D eigenvalue weighted by atomic mass is 10.1. The standard InChI is InChI=1S/C13H20N2O/c1-4-5-8-14-13(16)15-12-9-10(2)6-7-11(12)3/h6-7,9H,4-5,8H2,1-3H3,(H2,14,15,16). The number of benzene rings is 1. The smallest absolute Gasteiger partial charge is 0.319 e. The van der Waals surface area contributed by atoms with Gasteiger partial charge < -0.3 is 10.6 Å². The number of hydrogen-bond donors (Lipinski definition) is 2. The first-order valence-electron chi connectivity index (χ1n) is 5.75. The van der Waals surface area contributed by atoms with Crippen molar-refractivity contribution in [3.8, 4) is 0 Å². The maximum Gasteiger partial charge on any atom is 0.319 e. The minimum absolute atomic E-state index is 0.123. The van der Waals surface area contributed by atoms with E-state index in [2.05, 4.69) is 17.6 Å².